The highest BCUT2D eigenvalue weighted by Gasteiger charge is 2.13. The number of hydrogen-bond donors (Lipinski definition) is 5. The first-order valence-electron chi connectivity index (χ1n) is 7.66. The quantitative estimate of drug-likeness (QED) is 0.427. The average molecular weight is 362 g/mol. The summed E-state index contributed by atoms with van der Waals surface area (Å²) in [5, 5.41) is 11.5. The molecular weight excluding hydrogens is 344 g/mol. The number of nitrogens with one attached hydrogen (secondary N) is 3. The van der Waals surface area contributed by atoms with Crippen molar-refractivity contribution in [3.8, 4) is 5.75 Å². The Labute approximate surface area is 147 Å². The summed E-state index contributed by atoms with van der Waals surface area (Å²) in [4.78, 5) is 49.5. The van der Waals surface area contributed by atoms with Crippen molar-refractivity contribution in [2.45, 2.75) is 13.3 Å². The van der Waals surface area contributed by atoms with Crippen LogP contribution in [0.4, 0.5) is 5.69 Å². The summed E-state index contributed by atoms with van der Waals surface area (Å²) in [6.45, 7) is 2.16. The van der Waals surface area contributed by atoms with Crippen LogP contribution in [-0.2, 0) is 0 Å². The van der Waals surface area contributed by atoms with Gasteiger partial charge in [0.25, 0.3) is 11.5 Å². The van der Waals surface area contributed by atoms with Crippen molar-refractivity contribution >= 4 is 17.6 Å². The first kappa shape index (κ1) is 18.8. The van der Waals surface area contributed by atoms with Crippen molar-refractivity contribution in [2.24, 2.45) is 0 Å². The van der Waals surface area contributed by atoms with Gasteiger partial charge in [0.1, 0.15) is 17.1 Å². The molecule has 1 heterocycles. The maximum Gasteiger partial charge on any atom is 0.335 e. The first-order chi connectivity index (χ1) is 12.3. The molecule has 0 fully saturated rings. The fourth-order valence-corrected chi connectivity index (χ4v) is 2.19. The minimum Gasteiger partial charge on any atom is -0.494 e. The van der Waals surface area contributed by atoms with Crippen LogP contribution in [0.25, 0.3) is 0 Å². The molecule has 0 spiro atoms. The molecule has 1 amide bonds. The summed E-state index contributed by atoms with van der Waals surface area (Å²) < 4.78 is 5.49. The Kier molecular flexibility index (Phi) is 5.78. The number of H-pyrrole nitrogens is 2. The monoisotopic (exact) mass is 362 g/mol. The van der Waals surface area contributed by atoms with E-state index in [1.807, 2.05) is 4.98 Å². The summed E-state index contributed by atoms with van der Waals surface area (Å²) in [6.07, 6.45) is 0.443. The average Bonchev–Trinajstić information content (AvgIpc) is 2.57. The fourth-order valence-electron chi connectivity index (χ4n) is 2.19. The highest BCUT2D eigenvalue weighted by molar-refractivity contribution is 5.96. The zero-order chi connectivity index (χ0) is 19.3. The standard InChI is InChI=1S/C16H18N4O6/c1-8-7-9(3-4-10(8)15(23)24)26-6-2-5-18-14(22)12-11(17)13(21)20-16(25)19-12/h3-4,7H,2,5-6,17H2,1H3,(H,18,22)(H,23,24)(H2,19,20,21,25). The highest BCUT2D eigenvalue weighted by Crippen LogP contribution is 2.17. The third kappa shape index (κ3) is 4.50. The maximum absolute atomic E-state index is 11.9. The van der Waals surface area contributed by atoms with Gasteiger partial charge in [0.2, 0.25) is 0 Å². The molecule has 6 N–H and O–H groups in total. The molecule has 0 unspecified atom stereocenters. The lowest BCUT2D eigenvalue weighted by molar-refractivity contribution is 0.0695. The molecule has 0 atom stereocenters. The molecule has 26 heavy (non-hydrogen) atoms. The van der Waals surface area contributed by atoms with Crippen LogP contribution < -0.4 is 27.0 Å². The van der Waals surface area contributed by atoms with Crippen LogP contribution in [0.15, 0.2) is 27.8 Å². The number of aromatic nitrogens is 2. The van der Waals surface area contributed by atoms with E-state index in [1.54, 1.807) is 19.1 Å². The molecule has 2 aromatic rings. The largest absolute Gasteiger partial charge is 0.494 e. The normalized spacial score (nSPS) is 10.3. The van der Waals surface area contributed by atoms with E-state index in [9.17, 15) is 19.2 Å². The lowest BCUT2D eigenvalue weighted by atomic mass is 10.1. The minimum atomic E-state index is -1.01. The Morgan fingerprint density at radius 1 is 1.27 bits per heavy atom. The number of carboxylic acids is 1. The zero-order valence-corrected chi connectivity index (χ0v) is 13.9. The van der Waals surface area contributed by atoms with Crippen LogP contribution in [-0.4, -0.2) is 40.1 Å². The molecule has 0 aliphatic heterocycles. The topological polar surface area (TPSA) is 167 Å². The van der Waals surface area contributed by atoms with Gasteiger partial charge in [0.05, 0.1) is 12.2 Å². The molecule has 138 valence electrons. The Bertz CT molecular complexity index is 946. The number of nitrogens with two attached hydrogens (primary N) is 1. The molecule has 10 heteroatoms. The third-order valence-electron chi connectivity index (χ3n) is 3.51. The number of anilines is 1. The summed E-state index contributed by atoms with van der Waals surface area (Å²) in [7, 11) is 0. The van der Waals surface area contributed by atoms with E-state index in [0.717, 1.165) is 0 Å². The van der Waals surface area contributed by atoms with Crippen LogP contribution in [0.5, 0.6) is 5.75 Å². The molecule has 2 rings (SSSR count). The fraction of sp³-hybridized carbons (Fsp3) is 0.250. The number of hydrogen-bond acceptors (Lipinski definition) is 6. The van der Waals surface area contributed by atoms with Crippen LogP contribution in [0.1, 0.15) is 32.8 Å². The van der Waals surface area contributed by atoms with Gasteiger partial charge in [-0.2, -0.15) is 0 Å². The van der Waals surface area contributed by atoms with E-state index in [0.29, 0.717) is 17.7 Å². The second kappa shape index (κ2) is 8.01. The number of carbonyl (C=O) groups is 2. The highest BCUT2D eigenvalue weighted by atomic mass is 16.5. The number of aromatic carboxylic acids is 1. The lowest BCUT2D eigenvalue weighted by Gasteiger charge is -2.09. The van der Waals surface area contributed by atoms with Gasteiger partial charge in [-0.1, -0.05) is 0 Å². The van der Waals surface area contributed by atoms with Crippen molar-refractivity contribution < 1.29 is 19.4 Å². The van der Waals surface area contributed by atoms with Gasteiger partial charge in [0, 0.05) is 6.54 Å². The van der Waals surface area contributed by atoms with Crippen molar-refractivity contribution in [1.82, 2.24) is 15.3 Å². The second-order valence-corrected chi connectivity index (χ2v) is 5.44. The zero-order valence-electron chi connectivity index (χ0n) is 13.9. The molecule has 1 aromatic carbocycles. The van der Waals surface area contributed by atoms with E-state index in [4.69, 9.17) is 15.6 Å². The lowest BCUT2D eigenvalue weighted by Crippen LogP contribution is -2.34. The molecule has 0 radical (unpaired) electrons. The van der Waals surface area contributed by atoms with Crippen LogP contribution in [0.2, 0.25) is 0 Å². The summed E-state index contributed by atoms with van der Waals surface area (Å²) >= 11 is 0. The molecule has 0 bridgehead atoms. The van der Waals surface area contributed by atoms with E-state index in [-0.39, 0.29) is 30.1 Å². The predicted octanol–water partition coefficient (Wildman–Crippen LogP) is -0.149. The van der Waals surface area contributed by atoms with E-state index in [1.165, 1.54) is 6.07 Å². The van der Waals surface area contributed by atoms with Gasteiger partial charge in [0.15, 0.2) is 0 Å². The van der Waals surface area contributed by atoms with Gasteiger partial charge in [-0.3, -0.25) is 14.6 Å². The number of rotatable bonds is 7. The van der Waals surface area contributed by atoms with Crippen LogP contribution >= 0.6 is 0 Å². The molecule has 0 aliphatic rings. The van der Waals surface area contributed by atoms with Crippen molar-refractivity contribution in [3.05, 3.63) is 55.9 Å². The SMILES string of the molecule is Cc1cc(OCCCNC(=O)c2[nH]c(=O)[nH]c(=O)c2N)ccc1C(=O)O. The van der Waals surface area contributed by atoms with Crippen molar-refractivity contribution in [1.29, 1.82) is 0 Å². The number of amides is 1. The van der Waals surface area contributed by atoms with Gasteiger partial charge >= 0.3 is 11.7 Å². The number of ether oxygens (including phenoxy) is 1. The maximum atomic E-state index is 11.9. The molecule has 0 saturated heterocycles. The van der Waals surface area contributed by atoms with Crippen LogP contribution in [0.3, 0.4) is 0 Å². The number of aromatic amines is 2. The molecule has 1 aromatic heterocycles. The van der Waals surface area contributed by atoms with Gasteiger partial charge in [-0.25, -0.2) is 9.59 Å². The third-order valence-corrected chi connectivity index (χ3v) is 3.51. The smallest absolute Gasteiger partial charge is 0.335 e. The Balaban J connectivity index is 1.83. The number of aryl methyl sites for hydroxylation is 1. The van der Waals surface area contributed by atoms with E-state index >= 15 is 0 Å². The number of carboxylic acid groups (broad SMARTS) is 1. The molecule has 0 saturated carbocycles. The summed E-state index contributed by atoms with van der Waals surface area (Å²) in [5.41, 5.74) is 3.94. The summed E-state index contributed by atoms with van der Waals surface area (Å²) in [6, 6.07) is 4.63. The Hall–Kier alpha value is -3.56. The number of benzene rings is 1. The van der Waals surface area contributed by atoms with E-state index in [2.05, 4.69) is 10.3 Å². The van der Waals surface area contributed by atoms with Crippen molar-refractivity contribution in [3.63, 3.8) is 0 Å². The van der Waals surface area contributed by atoms with Gasteiger partial charge in [-0.15, -0.1) is 0 Å². The molecular formula is C16H18N4O6. The Morgan fingerprint density at radius 2 is 2.00 bits per heavy atom. The second-order valence-electron chi connectivity index (χ2n) is 5.44. The van der Waals surface area contributed by atoms with Gasteiger partial charge in [-0.05, 0) is 37.1 Å². The van der Waals surface area contributed by atoms with Crippen molar-refractivity contribution in [2.75, 3.05) is 18.9 Å². The number of carbonyl (C=O) groups excluding carboxylic acids is 1. The van der Waals surface area contributed by atoms with Gasteiger partial charge < -0.3 is 25.9 Å². The Morgan fingerprint density at radius 3 is 2.65 bits per heavy atom. The predicted molar refractivity (Wildman–Crippen MR) is 92.7 cm³/mol. The number of nitrogen functional groups attached to an aromatic ring is 1. The minimum absolute atomic E-state index is 0.203. The first-order valence-corrected chi connectivity index (χ1v) is 7.66. The summed E-state index contributed by atoms with van der Waals surface area (Å²) in [5.74, 6) is -1.16. The van der Waals surface area contributed by atoms with Crippen LogP contribution in [0, 0.1) is 6.92 Å². The van der Waals surface area contributed by atoms with E-state index < -0.39 is 23.1 Å². The molecule has 10 nitrogen and oxygen atoms in total. The molecule has 0 aliphatic carbocycles.